The Morgan fingerprint density at radius 1 is 1.32 bits per heavy atom. The van der Waals surface area contributed by atoms with Crippen molar-refractivity contribution in [2.45, 2.75) is 44.9 Å². The van der Waals surface area contributed by atoms with Gasteiger partial charge in [0.15, 0.2) is 0 Å². The molecule has 0 saturated heterocycles. The third-order valence-corrected chi connectivity index (χ3v) is 4.16. The Labute approximate surface area is 114 Å². The fraction of sp³-hybridized carbons (Fsp3) is 0.533. The Morgan fingerprint density at radius 3 is 2.47 bits per heavy atom. The molecule has 1 aliphatic carbocycles. The largest absolute Gasteiger partial charge is 0.496 e. The Balaban J connectivity index is 2.63. The smallest absolute Gasteiger partial charge is 0.244 e. The average molecular weight is 262 g/mol. The molecule has 0 aliphatic heterocycles. The van der Waals surface area contributed by atoms with Crippen molar-refractivity contribution in [3.63, 3.8) is 0 Å². The van der Waals surface area contributed by atoms with Gasteiger partial charge in [0.1, 0.15) is 5.75 Å². The highest BCUT2D eigenvalue weighted by Crippen LogP contribution is 2.46. The maximum atomic E-state index is 12.3. The Hall–Kier alpha value is -1.55. The van der Waals surface area contributed by atoms with Crippen molar-refractivity contribution in [1.82, 2.24) is 5.43 Å². The van der Waals surface area contributed by atoms with Gasteiger partial charge in [-0.1, -0.05) is 30.5 Å². The minimum Gasteiger partial charge on any atom is -0.496 e. The molecule has 4 nitrogen and oxygen atoms in total. The zero-order valence-corrected chi connectivity index (χ0v) is 11.9. The monoisotopic (exact) mass is 262 g/mol. The van der Waals surface area contributed by atoms with Crippen LogP contribution in [0.5, 0.6) is 5.75 Å². The van der Waals surface area contributed by atoms with Crippen LogP contribution in [-0.2, 0) is 10.2 Å². The quantitative estimate of drug-likeness (QED) is 0.498. The number of ether oxygens (including phenoxy) is 1. The molecule has 4 heteroatoms. The van der Waals surface area contributed by atoms with Crippen LogP contribution in [0.2, 0.25) is 0 Å². The van der Waals surface area contributed by atoms with Gasteiger partial charge in [-0.25, -0.2) is 5.84 Å². The maximum absolute atomic E-state index is 12.3. The highest BCUT2D eigenvalue weighted by atomic mass is 16.5. The second-order valence-electron chi connectivity index (χ2n) is 5.43. The van der Waals surface area contributed by atoms with E-state index in [9.17, 15) is 4.79 Å². The predicted molar refractivity (Wildman–Crippen MR) is 74.9 cm³/mol. The first-order valence-electron chi connectivity index (χ1n) is 6.72. The summed E-state index contributed by atoms with van der Waals surface area (Å²) in [4.78, 5) is 12.3. The number of nitrogens with two attached hydrogens (primary N) is 1. The van der Waals surface area contributed by atoms with Gasteiger partial charge in [-0.05, 0) is 32.3 Å². The fourth-order valence-electron chi connectivity index (χ4n) is 3.32. The normalized spacial score (nSPS) is 17.3. The molecule has 1 aliphatic rings. The Morgan fingerprint density at radius 2 is 1.95 bits per heavy atom. The lowest BCUT2D eigenvalue weighted by Gasteiger charge is -2.30. The molecule has 1 fully saturated rings. The van der Waals surface area contributed by atoms with Gasteiger partial charge in [-0.15, -0.1) is 0 Å². The number of hydrazine groups is 1. The van der Waals surface area contributed by atoms with Crippen LogP contribution < -0.4 is 16.0 Å². The first-order chi connectivity index (χ1) is 9.05. The molecule has 1 amide bonds. The van der Waals surface area contributed by atoms with E-state index in [-0.39, 0.29) is 5.91 Å². The first kappa shape index (κ1) is 13.9. The summed E-state index contributed by atoms with van der Waals surface area (Å²) in [5.74, 6) is 6.11. The molecule has 1 aromatic rings. The summed E-state index contributed by atoms with van der Waals surface area (Å²) in [6, 6.07) is 4.14. The van der Waals surface area contributed by atoms with Gasteiger partial charge in [0.05, 0.1) is 12.5 Å². The van der Waals surface area contributed by atoms with Gasteiger partial charge in [0.25, 0.3) is 0 Å². The number of carbonyl (C=O) groups is 1. The lowest BCUT2D eigenvalue weighted by atomic mass is 9.76. The molecule has 0 bridgehead atoms. The summed E-state index contributed by atoms with van der Waals surface area (Å²) in [5, 5.41) is 0. The molecule has 0 unspecified atom stereocenters. The lowest BCUT2D eigenvalue weighted by Crippen LogP contribution is -2.46. The predicted octanol–water partition coefficient (Wildman–Crippen LogP) is 2.11. The van der Waals surface area contributed by atoms with Crippen molar-refractivity contribution in [1.29, 1.82) is 0 Å². The molecule has 0 spiro atoms. The van der Waals surface area contributed by atoms with Crippen LogP contribution in [0.3, 0.4) is 0 Å². The zero-order valence-electron chi connectivity index (χ0n) is 11.9. The van der Waals surface area contributed by atoms with Crippen LogP contribution in [0.4, 0.5) is 0 Å². The van der Waals surface area contributed by atoms with Crippen LogP contribution >= 0.6 is 0 Å². The van der Waals surface area contributed by atoms with Crippen LogP contribution in [0.15, 0.2) is 12.1 Å². The maximum Gasteiger partial charge on any atom is 0.244 e. The first-order valence-corrected chi connectivity index (χ1v) is 6.72. The number of hydrogen-bond donors (Lipinski definition) is 2. The topological polar surface area (TPSA) is 64.3 Å². The van der Waals surface area contributed by atoms with E-state index in [1.165, 1.54) is 0 Å². The summed E-state index contributed by atoms with van der Waals surface area (Å²) in [6.07, 6.45) is 3.75. The molecule has 1 saturated carbocycles. The second-order valence-corrected chi connectivity index (χ2v) is 5.43. The second kappa shape index (κ2) is 5.21. The summed E-state index contributed by atoms with van der Waals surface area (Å²) in [7, 11) is 1.66. The lowest BCUT2D eigenvalue weighted by molar-refractivity contribution is -0.126. The molecular weight excluding hydrogens is 240 g/mol. The SMILES string of the molecule is COc1c(C)cc(C)cc1C1(C(=O)NN)CCCC1. The summed E-state index contributed by atoms with van der Waals surface area (Å²) in [5.41, 5.74) is 5.00. The molecule has 104 valence electrons. The highest BCUT2D eigenvalue weighted by Gasteiger charge is 2.44. The average Bonchev–Trinajstić information content (AvgIpc) is 2.87. The number of carbonyl (C=O) groups excluding carboxylic acids is 1. The molecule has 0 radical (unpaired) electrons. The number of rotatable bonds is 3. The van der Waals surface area contributed by atoms with Crippen molar-refractivity contribution in [3.05, 3.63) is 28.8 Å². The standard InChI is InChI=1S/C15H22N2O2/c1-10-8-11(2)13(19-3)12(9-10)15(14(18)17-16)6-4-5-7-15/h8-9H,4-7,16H2,1-3H3,(H,17,18). The minimum absolute atomic E-state index is 0.103. The van der Waals surface area contributed by atoms with Crippen LogP contribution in [0.1, 0.15) is 42.4 Å². The third kappa shape index (κ3) is 2.21. The Kier molecular flexibility index (Phi) is 3.80. The van der Waals surface area contributed by atoms with E-state index in [0.717, 1.165) is 48.1 Å². The van der Waals surface area contributed by atoms with E-state index in [0.29, 0.717) is 0 Å². The van der Waals surface area contributed by atoms with Gasteiger partial charge >= 0.3 is 0 Å². The molecule has 19 heavy (non-hydrogen) atoms. The molecule has 3 N–H and O–H groups in total. The van der Waals surface area contributed by atoms with Crippen molar-refractivity contribution >= 4 is 5.91 Å². The summed E-state index contributed by atoms with van der Waals surface area (Å²) in [6.45, 7) is 4.05. The molecule has 1 aromatic carbocycles. The summed E-state index contributed by atoms with van der Waals surface area (Å²) >= 11 is 0. The molecular formula is C15H22N2O2. The van der Waals surface area contributed by atoms with Gasteiger partial charge in [0, 0.05) is 5.56 Å². The van der Waals surface area contributed by atoms with E-state index >= 15 is 0 Å². The van der Waals surface area contributed by atoms with Gasteiger partial charge < -0.3 is 4.74 Å². The summed E-state index contributed by atoms with van der Waals surface area (Å²) < 4.78 is 5.54. The van der Waals surface area contributed by atoms with E-state index in [1.807, 2.05) is 13.8 Å². The van der Waals surface area contributed by atoms with Crippen LogP contribution in [-0.4, -0.2) is 13.0 Å². The van der Waals surface area contributed by atoms with Crippen LogP contribution in [0, 0.1) is 13.8 Å². The molecule has 2 rings (SSSR count). The Bertz CT molecular complexity index is 491. The molecule has 0 atom stereocenters. The number of amides is 1. The van der Waals surface area contributed by atoms with E-state index in [2.05, 4.69) is 17.6 Å². The van der Waals surface area contributed by atoms with Crippen molar-refractivity contribution in [3.8, 4) is 5.75 Å². The molecule has 0 aromatic heterocycles. The minimum atomic E-state index is -0.531. The van der Waals surface area contributed by atoms with Crippen LogP contribution in [0.25, 0.3) is 0 Å². The van der Waals surface area contributed by atoms with E-state index in [1.54, 1.807) is 7.11 Å². The fourth-order valence-corrected chi connectivity index (χ4v) is 3.32. The van der Waals surface area contributed by atoms with Gasteiger partial charge in [-0.3, -0.25) is 10.2 Å². The highest BCUT2D eigenvalue weighted by molar-refractivity contribution is 5.89. The van der Waals surface area contributed by atoms with Crippen molar-refractivity contribution < 1.29 is 9.53 Å². The number of benzene rings is 1. The van der Waals surface area contributed by atoms with Crippen molar-refractivity contribution in [2.24, 2.45) is 5.84 Å². The van der Waals surface area contributed by atoms with Gasteiger partial charge in [-0.2, -0.15) is 0 Å². The number of aryl methyl sites for hydroxylation is 2. The third-order valence-electron chi connectivity index (χ3n) is 4.16. The van der Waals surface area contributed by atoms with Crippen molar-refractivity contribution in [2.75, 3.05) is 7.11 Å². The van der Waals surface area contributed by atoms with E-state index in [4.69, 9.17) is 10.6 Å². The number of methoxy groups -OCH3 is 1. The van der Waals surface area contributed by atoms with Gasteiger partial charge in [0.2, 0.25) is 5.91 Å². The zero-order chi connectivity index (χ0) is 14.0. The number of nitrogens with one attached hydrogen (secondary N) is 1. The van der Waals surface area contributed by atoms with E-state index < -0.39 is 5.41 Å². The molecule has 0 heterocycles. The number of hydrogen-bond acceptors (Lipinski definition) is 3.